The second-order valence-corrected chi connectivity index (χ2v) is 6.71. The number of carbonyl (C=O) groups is 1. The first-order chi connectivity index (χ1) is 13.1. The number of amides is 1. The van der Waals surface area contributed by atoms with Gasteiger partial charge in [0.2, 0.25) is 12.5 Å². The Morgan fingerprint density at radius 2 is 2.37 bits per heavy atom. The lowest BCUT2D eigenvalue weighted by Crippen LogP contribution is -2.18. The van der Waals surface area contributed by atoms with Crippen LogP contribution in [0.2, 0.25) is 0 Å². The van der Waals surface area contributed by atoms with Gasteiger partial charge in [0.1, 0.15) is 12.0 Å². The summed E-state index contributed by atoms with van der Waals surface area (Å²) in [5.74, 6) is 0.872. The van der Waals surface area contributed by atoms with Gasteiger partial charge in [0.15, 0.2) is 11.5 Å². The van der Waals surface area contributed by atoms with Crippen LogP contribution in [0.3, 0.4) is 0 Å². The Morgan fingerprint density at radius 1 is 1.48 bits per heavy atom. The van der Waals surface area contributed by atoms with Crippen molar-refractivity contribution >= 4 is 32.4 Å². The van der Waals surface area contributed by atoms with Crippen molar-refractivity contribution in [1.82, 2.24) is 19.7 Å². The zero-order chi connectivity index (χ0) is 18.8. The topological polar surface area (TPSA) is 94.1 Å². The van der Waals surface area contributed by atoms with Gasteiger partial charge in [0, 0.05) is 12.7 Å². The third-order valence-electron chi connectivity index (χ3n) is 4.32. The molecule has 8 nitrogen and oxygen atoms in total. The van der Waals surface area contributed by atoms with Gasteiger partial charge in [-0.3, -0.25) is 4.79 Å². The number of ether oxygens (including phenoxy) is 2. The molecule has 2 N–H and O–H groups in total. The van der Waals surface area contributed by atoms with Gasteiger partial charge in [-0.2, -0.15) is 9.49 Å². The Balaban J connectivity index is 1.70. The molecule has 1 aromatic carbocycles. The molecule has 1 saturated heterocycles. The first-order valence-electron chi connectivity index (χ1n) is 8.61. The summed E-state index contributed by atoms with van der Waals surface area (Å²) >= 11 is 0. The van der Waals surface area contributed by atoms with Crippen LogP contribution in [0, 0.1) is 0 Å². The van der Waals surface area contributed by atoms with E-state index in [9.17, 15) is 9.18 Å². The Labute approximate surface area is 156 Å². The summed E-state index contributed by atoms with van der Waals surface area (Å²) in [6.07, 6.45) is 3.66. The molecule has 0 aliphatic carbocycles. The maximum Gasteiger partial charge on any atom is 0.249 e. The number of alkyl halides is 1. The number of anilines is 1. The average Bonchev–Trinajstić information content (AvgIpc) is 3.26. The molecule has 0 saturated carbocycles. The number of carbonyl (C=O) groups excluding carboxylic acids is 1. The summed E-state index contributed by atoms with van der Waals surface area (Å²) < 4.78 is 25.5. The van der Waals surface area contributed by atoms with E-state index < -0.39 is 6.10 Å². The maximum absolute atomic E-state index is 13.0. The number of halogens is 1. The highest BCUT2D eigenvalue weighted by Crippen LogP contribution is 2.31. The van der Waals surface area contributed by atoms with Crippen molar-refractivity contribution in [2.75, 3.05) is 11.9 Å². The number of imidazole rings is 1. The summed E-state index contributed by atoms with van der Waals surface area (Å²) in [6.45, 7) is 0.689. The fourth-order valence-corrected chi connectivity index (χ4v) is 3.28. The quantitative estimate of drug-likeness (QED) is 0.497. The number of H-pyrrole nitrogens is 1. The molecule has 1 aliphatic rings. The third-order valence-corrected chi connectivity index (χ3v) is 4.46. The highest BCUT2D eigenvalue weighted by Gasteiger charge is 2.21. The van der Waals surface area contributed by atoms with Crippen LogP contribution >= 0.6 is 9.24 Å². The van der Waals surface area contributed by atoms with E-state index in [0.29, 0.717) is 47.0 Å². The smallest absolute Gasteiger partial charge is 0.249 e. The van der Waals surface area contributed by atoms with Crippen LogP contribution in [0.1, 0.15) is 25.5 Å². The minimum Gasteiger partial charge on any atom is -0.457 e. The van der Waals surface area contributed by atoms with Crippen molar-refractivity contribution in [2.45, 2.75) is 31.6 Å². The highest BCUT2D eigenvalue weighted by molar-refractivity contribution is 7.16. The summed E-state index contributed by atoms with van der Waals surface area (Å²) in [5.41, 5.74) is 2.39. The van der Waals surface area contributed by atoms with Crippen molar-refractivity contribution in [2.24, 2.45) is 0 Å². The van der Waals surface area contributed by atoms with Gasteiger partial charge >= 0.3 is 0 Å². The van der Waals surface area contributed by atoms with Crippen LogP contribution < -0.4 is 10.1 Å². The molecule has 10 heteroatoms. The Bertz CT molecular complexity index is 951. The number of nitrogens with one attached hydrogen (secondary N) is 2. The van der Waals surface area contributed by atoms with Crippen LogP contribution in [-0.2, 0) is 9.53 Å². The lowest BCUT2D eigenvalue weighted by atomic mass is 10.2. The largest absolute Gasteiger partial charge is 0.457 e. The number of rotatable bonds is 6. The van der Waals surface area contributed by atoms with Gasteiger partial charge in [0.25, 0.3) is 0 Å². The molecule has 0 bridgehead atoms. The minimum atomic E-state index is -1.49. The summed E-state index contributed by atoms with van der Waals surface area (Å²) in [5, 5.41) is 7.23. The molecule has 3 atom stereocenters. The van der Waals surface area contributed by atoms with Crippen molar-refractivity contribution in [1.29, 1.82) is 0 Å². The van der Waals surface area contributed by atoms with E-state index in [1.807, 2.05) is 9.24 Å². The summed E-state index contributed by atoms with van der Waals surface area (Å²) in [7, 11) is 1.93. The molecule has 3 aromatic rings. The SMILES string of the molecule is O=CNc1cn(C2CCCCO2)nc1-c1nc2ccc(OC(F)P)cc2[nH]1. The number of hydrogen-bond acceptors (Lipinski definition) is 5. The number of aromatic nitrogens is 4. The number of fused-ring (bicyclic) bond motifs is 1. The maximum atomic E-state index is 13.0. The molecule has 1 fully saturated rings. The predicted octanol–water partition coefficient (Wildman–Crippen LogP) is 3.20. The second-order valence-electron chi connectivity index (χ2n) is 6.19. The van der Waals surface area contributed by atoms with E-state index in [0.717, 1.165) is 19.3 Å². The Kier molecular flexibility index (Phi) is 5.05. The van der Waals surface area contributed by atoms with Crippen LogP contribution in [0.5, 0.6) is 5.75 Å². The molecule has 3 heterocycles. The molecule has 3 unspecified atom stereocenters. The molecule has 27 heavy (non-hydrogen) atoms. The standard InChI is InChI=1S/C17H19FN5O3P/c18-17(27)26-10-4-5-11-12(7-10)21-16(20-11)15-13(19-9-24)8-23(22-15)14-3-1-2-6-25-14/h4-5,7-9,14,17H,1-3,6,27H2,(H,19,24)(H,20,21). The van der Waals surface area contributed by atoms with Crippen LogP contribution in [0.4, 0.5) is 10.1 Å². The lowest BCUT2D eigenvalue weighted by molar-refractivity contribution is -0.105. The lowest BCUT2D eigenvalue weighted by Gasteiger charge is -2.22. The number of aromatic amines is 1. The molecule has 0 spiro atoms. The van der Waals surface area contributed by atoms with Crippen molar-refractivity contribution in [3.63, 3.8) is 0 Å². The Hall–Kier alpha value is -2.51. The first-order valence-corrected chi connectivity index (χ1v) is 9.28. The number of nitrogens with zero attached hydrogens (tertiary/aromatic N) is 3. The third kappa shape index (κ3) is 3.79. The normalized spacial score (nSPS) is 18.4. The molecular formula is C17H19FN5O3P. The molecule has 142 valence electrons. The average molecular weight is 391 g/mol. The van der Waals surface area contributed by atoms with Gasteiger partial charge in [-0.25, -0.2) is 9.67 Å². The van der Waals surface area contributed by atoms with E-state index in [1.165, 1.54) is 0 Å². The van der Waals surface area contributed by atoms with Crippen LogP contribution in [0.25, 0.3) is 22.6 Å². The van der Waals surface area contributed by atoms with Gasteiger partial charge in [-0.05, 0) is 31.4 Å². The monoisotopic (exact) mass is 391 g/mol. The van der Waals surface area contributed by atoms with Crippen molar-refractivity contribution in [3.05, 3.63) is 24.4 Å². The van der Waals surface area contributed by atoms with E-state index in [1.54, 1.807) is 29.1 Å². The zero-order valence-electron chi connectivity index (χ0n) is 14.4. The van der Waals surface area contributed by atoms with Crippen molar-refractivity contribution < 1.29 is 18.7 Å². The second kappa shape index (κ2) is 7.62. The van der Waals surface area contributed by atoms with Crippen LogP contribution in [0.15, 0.2) is 24.4 Å². The van der Waals surface area contributed by atoms with E-state index in [4.69, 9.17) is 9.47 Å². The fourth-order valence-electron chi connectivity index (χ4n) is 3.12. The molecule has 4 rings (SSSR count). The minimum absolute atomic E-state index is 0.160. The predicted molar refractivity (Wildman–Crippen MR) is 101 cm³/mol. The molecular weight excluding hydrogens is 372 g/mol. The van der Waals surface area contributed by atoms with Gasteiger partial charge < -0.3 is 19.8 Å². The van der Waals surface area contributed by atoms with Crippen LogP contribution in [-0.4, -0.2) is 38.9 Å². The number of benzene rings is 1. The number of hydrogen-bond donors (Lipinski definition) is 2. The van der Waals surface area contributed by atoms with E-state index >= 15 is 0 Å². The van der Waals surface area contributed by atoms with E-state index in [-0.39, 0.29) is 6.23 Å². The van der Waals surface area contributed by atoms with Gasteiger partial charge in [-0.15, -0.1) is 0 Å². The van der Waals surface area contributed by atoms with Gasteiger partial charge in [0.05, 0.1) is 22.9 Å². The highest BCUT2D eigenvalue weighted by atomic mass is 31.0. The zero-order valence-corrected chi connectivity index (χ0v) is 15.5. The molecule has 0 radical (unpaired) electrons. The van der Waals surface area contributed by atoms with Gasteiger partial charge in [-0.1, -0.05) is 9.24 Å². The van der Waals surface area contributed by atoms with Crippen molar-refractivity contribution in [3.8, 4) is 17.3 Å². The summed E-state index contributed by atoms with van der Waals surface area (Å²) in [6, 6.07) is 5.03. The van der Waals surface area contributed by atoms with E-state index in [2.05, 4.69) is 20.4 Å². The fraction of sp³-hybridized carbons (Fsp3) is 0.353. The molecule has 2 aromatic heterocycles. The Morgan fingerprint density at radius 3 is 3.11 bits per heavy atom. The molecule has 1 amide bonds. The molecule has 1 aliphatic heterocycles. The summed E-state index contributed by atoms with van der Waals surface area (Å²) in [4.78, 5) is 18.7. The first kappa shape index (κ1) is 17.9.